The van der Waals surface area contributed by atoms with Crippen LogP contribution in [0.3, 0.4) is 0 Å². The van der Waals surface area contributed by atoms with Gasteiger partial charge in [0.15, 0.2) is 0 Å². The van der Waals surface area contributed by atoms with E-state index in [-0.39, 0.29) is 11.7 Å². The van der Waals surface area contributed by atoms with E-state index in [4.69, 9.17) is 0 Å². The Kier molecular flexibility index (Phi) is 6.29. The minimum absolute atomic E-state index is 0.174. The summed E-state index contributed by atoms with van der Waals surface area (Å²) in [5.74, 6) is 0.421. The molecule has 1 aliphatic rings. The number of carbonyl (C=O) groups is 2. The molecule has 5 nitrogen and oxygen atoms in total. The third kappa shape index (κ3) is 5.60. The number of piperazine rings is 1. The average Bonchev–Trinajstić information content (AvgIpc) is 2.34. The highest BCUT2D eigenvalue weighted by Gasteiger charge is 2.18. The molecular formula is C13H25N3O2. The van der Waals surface area contributed by atoms with Gasteiger partial charge in [-0.1, -0.05) is 0 Å². The molecule has 0 spiro atoms. The molecule has 0 N–H and O–H groups in total. The molecule has 0 aromatic rings. The van der Waals surface area contributed by atoms with E-state index in [1.165, 1.54) is 0 Å². The summed E-state index contributed by atoms with van der Waals surface area (Å²) in [6.07, 6.45) is 0.634. The third-order valence-electron chi connectivity index (χ3n) is 3.46. The predicted octanol–water partition coefficient (Wildman–Crippen LogP) is 0.0614. The van der Waals surface area contributed by atoms with Crippen molar-refractivity contribution in [1.29, 1.82) is 0 Å². The van der Waals surface area contributed by atoms with Crippen LogP contribution in [-0.2, 0) is 9.59 Å². The first kappa shape index (κ1) is 15.1. The molecular weight excluding hydrogens is 230 g/mol. The van der Waals surface area contributed by atoms with Crippen LogP contribution in [0.15, 0.2) is 0 Å². The van der Waals surface area contributed by atoms with Crippen molar-refractivity contribution in [3.8, 4) is 0 Å². The molecule has 1 amide bonds. The molecule has 0 bridgehead atoms. The van der Waals surface area contributed by atoms with Gasteiger partial charge in [0.25, 0.3) is 0 Å². The fourth-order valence-electron chi connectivity index (χ4n) is 2.06. The second kappa shape index (κ2) is 7.48. The zero-order valence-corrected chi connectivity index (χ0v) is 11.8. The molecule has 18 heavy (non-hydrogen) atoms. The maximum Gasteiger partial charge on any atom is 0.219 e. The highest BCUT2D eigenvalue weighted by atomic mass is 16.2. The second-order valence-electron chi connectivity index (χ2n) is 5.10. The van der Waals surface area contributed by atoms with Crippen LogP contribution in [0.1, 0.15) is 20.3 Å². The Bertz CT molecular complexity index is 286. The van der Waals surface area contributed by atoms with E-state index in [2.05, 4.69) is 16.8 Å². The van der Waals surface area contributed by atoms with Gasteiger partial charge in [0, 0.05) is 59.2 Å². The topological polar surface area (TPSA) is 43.9 Å². The fourth-order valence-corrected chi connectivity index (χ4v) is 2.06. The Hall–Kier alpha value is -0.940. The molecule has 0 aromatic heterocycles. The van der Waals surface area contributed by atoms with Gasteiger partial charge in [-0.25, -0.2) is 0 Å². The van der Waals surface area contributed by atoms with Crippen LogP contribution in [0.5, 0.6) is 0 Å². The van der Waals surface area contributed by atoms with Gasteiger partial charge in [0.1, 0.15) is 5.78 Å². The summed E-state index contributed by atoms with van der Waals surface area (Å²) in [7, 11) is 2.05. The number of hydrogen-bond acceptors (Lipinski definition) is 4. The van der Waals surface area contributed by atoms with Crippen LogP contribution in [0.4, 0.5) is 0 Å². The number of nitrogens with zero attached hydrogens (tertiary/aromatic N) is 3. The SMILES string of the molecule is CC(=O)CCN(C)CCN1CCN(C(C)=O)CC1. The van der Waals surface area contributed by atoms with Gasteiger partial charge >= 0.3 is 0 Å². The number of rotatable bonds is 6. The Labute approximate surface area is 110 Å². The highest BCUT2D eigenvalue weighted by molar-refractivity contribution is 5.75. The van der Waals surface area contributed by atoms with Crippen LogP contribution < -0.4 is 0 Å². The molecule has 104 valence electrons. The first-order valence-electron chi connectivity index (χ1n) is 6.65. The van der Waals surface area contributed by atoms with E-state index < -0.39 is 0 Å². The summed E-state index contributed by atoms with van der Waals surface area (Å²) < 4.78 is 0. The fraction of sp³-hybridized carbons (Fsp3) is 0.846. The zero-order valence-electron chi connectivity index (χ0n) is 11.8. The minimum Gasteiger partial charge on any atom is -0.340 e. The van der Waals surface area contributed by atoms with Crippen LogP contribution in [0.2, 0.25) is 0 Å². The number of carbonyl (C=O) groups excluding carboxylic acids is 2. The maximum atomic E-state index is 11.2. The lowest BCUT2D eigenvalue weighted by molar-refractivity contribution is -0.130. The second-order valence-corrected chi connectivity index (χ2v) is 5.10. The molecule has 1 fully saturated rings. The third-order valence-corrected chi connectivity index (χ3v) is 3.46. The Morgan fingerprint density at radius 3 is 2.17 bits per heavy atom. The van der Waals surface area contributed by atoms with E-state index in [9.17, 15) is 9.59 Å². The summed E-state index contributed by atoms with van der Waals surface area (Å²) in [6, 6.07) is 0. The van der Waals surface area contributed by atoms with Gasteiger partial charge in [-0.05, 0) is 14.0 Å². The van der Waals surface area contributed by atoms with Gasteiger partial charge in [-0.15, -0.1) is 0 Å². The van der Waals surface area contributed by atoms with Gasteiger partial charge < -0.3 is 9.80 Å². The predicted molar refractivity (Wildman–Crippen MR) is 71.5 cm³/mol. The molecule has 0 unspecified atom stereocenters. The molecule has 0 radical (unpaired) electrons. The van der Waals surface area contributed by atoms with Crippen LogP contribution in [-0.4, -0.2) is 79.3 Å². The van der Waals surface area contributed by atoms with Gasteiger partial charge in [-0.3, -0.25) is 14.5 Å². The Morgan fingerprint density at radius 2 is 1.67 bits per heavy atom. The van der Waals surface area contributed by atoms with Crippen molar-refractivity contribution in [3.63, 3.8) is 0 Å². The van der Waals surface area contributed by atoms with Crippen molar-refractivity contribution < 1.29 is 9.59 Å². The quantitative estimate of drug-likeness (QED) is 0.673. The number of hydrogen-bond donors (Lipinski definition) is 0. The standard InChI is InChI=1S/C13H25N3O2/c1-12(17)4-5-14(3)6-7-15-8-10-16(11-9-15)13(2)18/h4-11H2,1-3H3. The van der Waals surface area contributed by atoms with E-state index in [0.717, 1.165) is 45.8 Å². The molecule has 1 heterocycles. The molecule has 5 heteroatoms. The Balaban J connectivity index is 2.13. The van der Waals surface area contributed by atoms with Crippen molar-refractivity contribution in [1.82, 2.24) is 14.7 Å². The number of ketones is 1. The normalized spacial score (nSPS) is 17.2. The summed E-state index contributed by atoms with van der Waals surface area (Å²) >= 11 is 0. The first-order chi connectivity index (χ1) is 8.49. The molecule has 0 aliphatic carbocycles. The molecule has 1 aliphatic heterocycles. The van der Waals surface area contributed by atoms with Crippen molar-refractivity contribution >= 4 is 11.7 Å². The lowest BCUT2D eigenvalue weighted by Gasteiger charge is -2.34. The molecule has 1 saturated heterocycles. The molecule has 0 atom stereocenters. The summed E-state index contributed by atoms with van der Waals surface area (Å²) in [5, 5.41) is 0. The van der Waals surface area contributed by atoms with Crippen LogP contribution in [0.25, 0.3) is 0 Å². The Morgan fingerprint density at radius 1 is 1.06 bits per heavy atom. The number of Topliss-reactive ketones (excluding diaryl/α,β-unsaturated/α-hetero) is 1. The van der Waals surface area contributed by atoms with Crippen LogP contribution >= 0.6 is 0 Å². The van der Waals surface area contributed by atoms with Crippen molar-refractivity contribution in [2.24, 2.45) is 0 Å². The maximum absolute atomic E-state index is 11.2. The minimum atomic E-state index is 0.174. The zero-order chi connectivity index (χ0) is 13.5. The molecule has 0 saturated carbocycles. The smallest absolute Gasteiger partial charge is 0.219 e. The number of likely N-dealkylation sites (N-methyl/N-ethyl adjacent to an activating group) is 1. The van der Waals surface area contributed by atoms with Crippen molar-refractivity contribution in [3.05, 3.63) is 0 Å². The summed E-state index contributed by atoms with van der Waals surface area (Å²) in [5.41, 5.74) is 0. The van der Waals surface area contributed by atoms with E-state index in [1.807, 2.05) is 4.90 Å². The molecule has 0 aromatic carbocycles. The van der Waals surface area contributed by atoms with Crippen molar-refractivity contribution in [2.45, 2.75) is 20.3 Å². The van der Waals surface area contributed by atoms with E-state index in [1.54, 1.807) is 13.8 Å². The first-order valence-corrected chi connectivity index (χ1v) is 6.65. The summed E-state index contributed by atoms with van der Waals surface area (Å²) in [6.45, 7) is 9.69. The summed E-state index contributed by atoms with van der Waals surface area (Å²) in [4.78, 5) is 28.5. The van der Waals surface area contributed by atoms with E-state index in [0.29, 0.717) is 6.42 Å². The highest BCUT2D eigenvalue weighted by Crippen LogP contribution is 2.02. The van der Waals surface area contributed by atoms with E-state index >= 15 is 0 Å². The van der Waals surface area contributed by atoms with Gasteiger partial charge in [0.2, 0.25) is 5.91 Å². The monoisotopic (exact) mass is 255 g/mol. The van der Waals surface area contributed by atoms with Crippen LogP contribution in [0, 0.1) is 0 Å². The van der Waals surface area contributed by atoms with Crippen molar-refractivity contribution in [2.75, 3.05) is 52.9 Å². The average molecular weight is 255 g/mol. The van der Waals surface area contributed by atoms with Gasteiger partial charge in [-0.2, -0.15) is 0 Å². The largest absolute Gasteiger partial charge is 0.340 e. The molecule has 1 rings (SSSR count). The lowest BCUT2D eigenvalue weighted by Crippen LogP contribution is -2.49. The van der Waals surface area contributed by atoms with Gasteiger partial charge in [0.05, 0.1) is 0 Å². The number of amides is 1. The lowest BCUT2D eigenvalue weighted by atomic mass is 10.3.